The minimum Gasteiger partial charge on any atom is -0.396 e. The third-order valence-electron chi connectivity index (χ3n) is 3.60. The molecule has 0 saturated carbocycles. The van der Waals surface area contributed by atoms with Crippen LogP contribution in [0, 0.1) is 11.3 Å². The number of carbonyl (C=O) groups excluding carboxylic acids is 1. The van der Waals surface area contributed by atoms with E-state index < -0.39 is 0 Å². The minimum atomic E-state index is -0.0708. The number of rotatable bonds is 4. The maximum Gasteiger partial charge on any atom is 0.237 e. The lowest BCUT2D eigenvalue weighted by Gasteiger charge is -2.32. The molecule has 0 aromatic rings. The highest BCUT2D eigenvalue weighted by atomic mass is 16.3. The molecule has 1 amide bonds. The maximum atomic E-state index is 12.1. The van der Waals surface area contributed by atoms with E-state index in [1.165, 1.54) is 0 Å². The summed E-state index contributed by atoms with van der Waals surface area (Å²) in [5, 5.41) is 15.4. The predicted octanol–water partition coefficient (Wildman–Crippen LogP) is 0.898. The summed E-state index contributed by atoms with van der Waals surface area (Å²) in [5.74, 6) is 0.466. The highest BCUT2D eigenvalue weighted by molar-refractivity contribution is 5.82. The van der Waals surface area contributed by atoms with Gasteiger partial charge in [0.2, 0.25) is 5.91 Å². The molecule has 3 N–H and O–H groups in total. The zero-order valence-corrected chi connectivity index (χ0v) is 11.4. The summed E-state index contributed by atoms with van der Waals surface area (Å²) in [6.07, 6.45) is 1.66. The highest BCUT2D eigenvalue weighted by Crippen LogP contribution is 2.22. The van der Waals surface area contributed by atoms with Gasteiger partial charge in [-0.2, -0.15) is 0 Å². The molecule has 3 atom stereocenters. The molecule has 100 valence electrons. The second-order valence-electron chi connectivity index (χ2n) is 6.14. The number of amides is 1. The van der Waals surface area contributed by atoms with E-state index in [1.807, 2.05) is 0 Å². The van der Waals surface area contributed by atoms with Crippen LogP contribution in [0.15, 0.2) is 0 Å². The Morgan fingerprint density at radius 3 is 2.59 bits per heavy atom. The first-order valence-electron chi connectivity index (χ1n) is 6.51. The summed E-state index contributed by atoms with van der Waals surface area (Å²) in [7, 11) is 0. The molecule has 4 heteroatoms. The fourth-order valence-electron chi connectivity index (χ4n) is 2.30. The second-order valence-corrected chi connectivity index (χ2v) is 6.14. The number of nitrogens with one attached hydrogen (secondary N) is 2. The number of carbonyl (C=O) groups is 1. The molecule has 1 aliphatic rings. The van der Waals surface area contributed by atoms with Gasteiger partial charge in [0.1, 0.15) is 0 Å². The summed E-state index contributed by atoms with van der Waals surface area (Å²) >= 11 is 0. The third kappa shape index (κ3) is 3.96. The fourth-order valence-corrected chi connectivity index (χ4v) is 2.30. The van der Waals surface area contributed by atoms with E-state index in [2.05, 4.69) is 38.3 Å². The van der Waals surface area contributed by atoms with Crippen molar-refractivity contribution in [1.29, 1.82) is 0 Å². The molecule has 0 spiro atoms. The van der Waals surface area contributed by atoms with Crippen molar-refractivity contribution in [1.82, 2.24) is 10.6 Å². The van der Waals surface area contributed by atoms with Gasteiger partial charge < -0.3 is 15.7 Å². The molecule has 3 unspecified atom stereocenters. The molecular weight excluding hydrogens is 216 g/mol. The van der Waals surface area contributed by atoms with Gasteiger partial charge in [0, 0.05) is 12.6 Å². The van der Waals surface area contributed by atoms with Crippen LogP contribution in [0.1, 0.15) is 40.5 Å². The Kier molecular flexibility index (Phi) is 4.95. The molecular formula is C13H26N2O2. The van der Waals surface area contributed by atoms with E-state index in [1.54, 1.807) is 0 Å². The number of hydrogen-bond acceptors (Lipinski definition) is 3. The van der Waals surface area contributed by atoms with Crippen molar-refractivity contribution in [3.63, 3.8) is 0 Å². The predicted molar refractivity (Wildman–Crippen MR) is 68.7 cm³/mol. The molecule has 0 aromatic heterocycles. The van der Waals surface area contributed by atoms with Gasteiger partial charge in [-0.1, -0.05) is 27.7 Å². The summed E-state index contributed by atoms with van der Waals surface area (Å²) in [6.45, 7) is 9.37. The van der Waals surface area contributed by atoms with Crippen molar-refractivity contribution in [2.24, 2.45) is 11.3 Å². The van der Waals surface area contributed by atoms with Gasteiger partial charge in [0.05, 0.1) is 6.04 Å². The Labute approximate surface area is 104 Å². The van der Waals surface area contributed by atoms with Crippen LogP contribution in [0.2, 0.25) is 0 Å². The van der Waals surface area contributed by atoms with E-state index in [9.17, 15) is 4.79 Å². The molecule has 17 heavy (non-hydrogen) atoms. The topological polar surface area (TPSA) is 61.4 Å². The van der Waals surface area contributed by atoms with Crippen molar-refractivity contribution >= 4 is 5.91 Å². The zero-order valence-electron chi connectivity index (χ0n) is 11.4. The lowest BCUT2D eigenvalue weighted by Crippen LogP contribution is -2.51. The smallest absolute Gasteiger partial charge is 0.237 e. The Balaban J connectivity index is 2.57. The molecule has 0 bridgehead atoms. The van der Waals surface area contributed by atoms with E-state index in [-0.39, 0.29) is 30.0 Å². The summed E-state index contributed by atoms with van der Waals surface area (Å²) < 4.78 is 0. The first kappa shape index (κ1) is 14.5. The maximum absolute atomic E-state index is 12.1. The molecule has 1 rings (SSSR count). The zero-order chi connectivity index (χ0) is 13.1. The number of aliphatic hydroxyl groups excluding tert-OH is 1. The molecule has 1 heterocycles. The Bertz CT molecular complexity index is 261. The first-order chi connectivity index (χ1) is 7.86. The third-order valence-corrected chi connectivity index (χ3v) is 3.60. The number of aliphatic hydroxyl groups is 1. The van der Waals surface area contributed by atoms with Crippen LogP contribution in [0.4, 0.5) is 0 Å². The van der Waals surface area contributed by atoms with Crippen molar-refractivity contribution in [3.8, 4) is 0 Å². The normalized spacial score (nSPS) is 26.9. The van der Waals surface area contributed by atoms with Crippen LogP contribution in [0.25, 0.3) is 0 Å². The molecule has 1 saturated heterocycles. The van der Waals surface area contributed by atoms with Crippen molar-refractivity contribution < 1.29 is 9.90 Å². The Morgan fingerprint density at radius 2 is 2.18 bits per heavy atom. The van der Waals surface area contributed by atoms with Gasteiger partial charge in [-0.3, -0.25) is 4.79 Å². The van der Waals surface area contributed by atoms with Crippen LogP contribution in [-0.4, -0.2) is 36.2 Å². The largest absolute Gasteiger partial charge is 0.396 e. The van der Waals surface area contributed by atoms with Crippen molar-refractivity contribution in [2.75, 3.05) is 13.2 Å². The standard InChI is InChI=1S/C13H26N2O2/c1-9-5-7-14-11(9)12(17)15-10(6-8-16)13(2,3)4/h9-11,14,16H,5-8H2,1-4H3,(H,15,17). The van der Waals surface area contributed by atoms with Crippen LogP contribution in [-0.2, 0) is 4.79 Å². The monoisotopic (exact) mass is 242 g/mol. The van der Waals surface area contributed by atoms with Gasteiger partial charge in [0.25, 0.3) is 0 Å². The van der Waals surface area contributed by atoms with Crippen molar-refractivity contribution in [2.45, 2.75) is 52.6 Å². The van der Waals surface area contributed by atoms with Crippen LogP contribution in [0.5, 0.6) is 0 Å². The molecule has 1 aliphatic heterocycles. The van der Waals surface area contributed by atoms with E-state index in [0.29, 0.717) is 12.3 Å². The lowest BCUT2D eigenvalue weighted by atomic mass is 9.84. The van der Waals surface area contributed by atoms with Crippen LogP contribution < -0.4 is 10.6 Å². The van der Waals surface area contributed by atoms with Gasteiger partial charge in [-0.05, 0) is 30.7 Å². The van der Waals surface area contributed by atoms with Gasteiger partial charge in [-0.25, -0.2) is 0 Å². The minimum absolute atomic E-state index is 0.0228. The Morgan fingerprint density at radius 1 is 1.53 bits per heavy atom. The van der Waals surface area contributed by atoms with Crippen molar-refractivity contribution in [3.05, 3.63) is 0 Å². The van der Waals surface area contributed by atoms with E-state index in [4.69, 9.17) is 5.11 Å². The molecule has 4 nitrogen and oxygen atoms in total. The van der Waals surface area contributed by atoms with Gasteiger partial charge >= 0.3 is 0 Å². The van der Waals surface area contributed by atoms with Crippen LogP contribution >= 0.6 is 0 Å². The second kappa shape index (κ2) is 5.83. The van der Waals surface area contributed by atoms with Gasteiger partial charge in [0.15, 0.2) is 0 Å². The average Bonchev–Trinajstić information content (AvgIpc) is 2.62. The lowest BCUT2D eigenvalue weighted by molar-refractivity contribution is -0.125. The van der Waals surface area contributed by atoms with E-state index >= 15 is 0 Å². The van der Waals surface area contributed by atoms with Crippen LogP contribution in [0.3, 0.4) is 0 Å². The molecule has 0 radical (unpaired) electrons. The first-order valence-corrected chi connectivity index (χ1v) is 6.51. The Hall–Kier alpha value is -0.610. The highest BCUT2D eigenvalue weighted by Gasteiger charge is 2.33. The SMILES string of the molecule is CC1CCNC1C(=O)NC(CCO)C(C)(C)C. The van der Waals surface area contributed by atoms with Gasteiger partial charge in [-0.15, -0.1) is 0 Å². The molecule has 0 aromatic carbocycles. The molecule has 1 fully saturated rings. The number of hydrogen-bond donors (Lipinski definition) is 3. The summed E-state index contributed by atoms with van der Waals surface area (Å²) in [6, 6.07) is -0.0480. The quantitative estimate of drug-likeness (QED) is 0.686. The molecule has 0 aliphatic carbocycles. The summed E-state index contributed by atoms with van der Waals surface area (Å²) in [5.41, 5.74) is -0.0275. The average molecular weight is 242 g/mol. The van der Waals surface area contributed by atoms with E-state index in [0.717, 1.165) is 13.0 Å². The summed E-state index contributed by atoms with van der Waals surface area (Å²) in [4.78, 5) is 12.1. The fraction of sp³-hybridized carbons (Fsp3) is 0.923.